The Labute approximate surface area is 176 Å². The minimum atomic E-state index is -0.184. The first-order valence-electron chi connectivity index (χ1n) is 9.06. The maximum atomic E-state index is 12.6. The number of H-pyrrole nitrogens is 1. The predicted molar refractivity (Wildman–Crippen MR) is 115 cm³/mol. The Morgan fingerprint density at radius 3 is 3.04 bits per heavy atom. The maximum Gasteiger partial charge on any atom is 0.257 e. The van der Waals surface area contributed by atoms with Gasteiger partial charge in [0.15, 0.2) is 0 Å². The fourth-order valence-electron chi connectivity index (χ4n) is 4.25. The van der Waals surface area contributed by atoms with Crippen molar-refractivity contribution in [1.29, 1.82) is 0 Å². The van der Waals surface area contributed by atoms with Crippen molar-refractivity contribution in [3.8, 4) is 0 Å². The van der Waals surface area contributed by atoms with Gasteiger partial charge in [0.1, 0.15) is 5.65 Å². The number of aromatic amines is 1. The van der Waals surface area contributed by atoms with Crippen LogP contribution in [0.1, 0.15) is 16.8 Å². The molecule has 5 heterocycles. The lowest BCUT2D eigenvalue weighted by Gasteiger charge is -2.27. The lowest BCUT2D eigenvalue weighted by Crippen LogP contribution is -2.34. The van der Waals surface area contributed by atoms with E-state index in [9.17, 15) is 4.79 Å². The summed E-state index contributed by atoms with van der Waals surface area (Å²) in [6.45, 7) is 3.07. The van der Waals surface area contributed by atoms with E-state index in [1.54, 1.807) is 24.5 Å². The number of pyridine rings is 2. The fraction of sp³-hybridized carbons (Fsp3) is 0.316. The number of hydrogen-bond donors (Lipinski definition) is 3. The van der Waals surface area contributed by atoms with Crippen molar-refractivity contribution in [2.24, 2.45) is 5.92 Å². The average Bonchev–Trinajstić information content (AvgIpc) is 3.39. The number of carbonyl (C=O) groups excluding carboxylic acids is 1. The first-order valence-corrected chi connectivity index (χ1v) is 9.86. The van der Waals surface area contributed by atoms with E-state index in [1.807, 2.05) is 12.4 Å². The molecule has 2 atom stereocenters. The van der Waals surface area contributed by atoms with Crippen molar-refractivity contribution in [1.82, 2.24) is 20.3 Å². The summed E-state index contributed by atoms with van der Waals surface area (Å²) >= 11 is 3.69. The number of halogens is 2. The number of amides is 1. The van der Waals surface area contributed by atoms with Crippen molar-refractivity contribution in [2.75, 3.05) is 29.9 Å². The average molecular weight is 464 g/mol. The maximum absolute atomic E-state index is 12.6. The Balaban J connectivity index is 0.00000192. The van der Waals surface area contributed by atoms with Gasteiger partial charge in [0.25, 0.3) is 5.91 Å². The number of anilines is 2. The molecule has 3 N–H and O–H groups in total. The van der Waals surface area contributed by atoms with Crippen molar-refractivity contribution in [3.63, 3.8) is 0 Å². The zero-order chi connectivity index (χ0) is 18.4. The van der Waals surface area contributed by atoms with Crippen LogP contribution in [0.3, 0.4) is 0 Å². The van der Waals surface area contributed by atoms with Gasteiger partial charge in [-0.25, -0.2) is 4.98 Å². The third-order valence-corrected chi connectivity index (χ3v) is 6.11. The molecule has 0 aliphatic carbocycles. The minimum Gasteiger partial charge on any atom is -0.365 e. The molecule has 2 saturated heterocycles. The molecular formula is C19H20BrClN6O. The van der Waals surface area contributed by atoms with Crippen LogP contribution in [0.25, 0.3) is 11.0 Å². The first-order chi connectivity index (χ1) is 13.2. The molecule has 2 unspecified atom stereocenters. The van der Waals surface area contributed by atoms with Gasteiger partial charge in [-0.05, 0) is 40.4 Å². The van der Waals surface area contributed by atoms with Crippen LogP contribution in [0, 0.1) is 5.92 Å². The second-order valence-corrected chi connectivity index (χ2v) is 7.90. The van der Waals surface area contributed by atoms with Gasteiger partial charge in [-0.2, -0.15) is 0 Å². The smallest absolute Gasteiger partial charge is 0.257 e. The molecule has 1 amide bonds. The highest BCUT2D eigenvalue weighted by Gasteiger charge is 2.39. The van der Waals surface area contributed by atoms with Gasteiger partial charge in [-0.1, -0.05) is 0 Å². The molecule has 0 saturated carbocycles. The summed E-state index contributed by atoms with van der Waals surface area (Å²) in [6.07, 6.45) is 8.03. The molecule has 0 aromatic carbocycles. The van der Waals surface area contributed by atoms with Crippen LogP contribution >= 0.6 is 28.3 Å². The van der Waals surface area contributed by atoms with Crippen LogP contribution in [0.5, 0.6) is 0 Å². The Hall–Kier alpha value is -2.16. The Kier molecular flexibility index (Phi) is 5.27. The molecule has 0 bridgehead atoms. The Morgan fingerprint density at radius 1 is 1.32 bits per heavy atom. The summed E-state index contributed by atoms with van der Waals surface area (Å²) in [5.74, 6) is 0.490. The molecule has 7 nitrogen and oxygen atoms in total. The van der Waals surface area contributed by atoms with Crippen molar-refractivity contribution >= 4 is 56.7 Å². The number of nitrogens with zero attached hydrogens (tertiary/aromatic N) is 3. The zero-order valence-electron chi connectivity index (χ0n) is 15.0. The van der Waals surface area contributed by atoms with Gasteiger partial charge in [-0.3, -0.25) is 9.78 Å². The molecule has 2 aliphatic heterocycles. The van der Waals surface area contributed by atoms with E-state index in [4.69, 9.17) is 0 Å². The highest BCUT2D eigenvalue weighted by atomic mass is 79.9. The lowest BCUT2D eigenvalue weighted by atomic mass is 10.0. The van der Waals surface area contributed by atoms with E-state index in [-0.39, 0.29) is 18.3 Å². The monoisotopic (exact) mass is 462 g/mol. The van der Waals surface area contributed by atoms with Crippen molar-refractivity contribution < 1.29 is 4.79 Å². The normalized spacial score (nSPS) is 20.8. The van der Waals surface area contributed by atoms with Crippen molar-refractivity contribution in [2.45, 2.75) is 12.5 Å². The summed E-state index contributed by atoms with van der Waals surface area (Å²) < 4.78 is 0.944. The highest BCUT2D eigenvalue weighted by Crippen LogP contribution is 2.42. The molecule has 146 valence electrons. The molecule has 2 fully saturated rings. The number of hydrogen-bond acceptors (Lipinski definition) is 5. The van der Waals surface area contributed by atoms with Crippen LogP contribution in [-0.4, -0.2) is 46.5 Å². The molecular weight excluding hydrogens is 444 g/mol. The Bertz CT molecular complexity index is 1010. The second-order valence-electron chi connectivity index (χ2n) is 7.04. The van der Waals surface area contributed by atoms with Gasteiger partial charge in [-0.15, -0.1) is 12.4 Å². The Morgan fingerprint density at radius 2 is 2.21 bits per heavy atom. The number of fused-ring (bicyclic) bond motifs is 2. The van der Waals surface area contributed by atoms with E-state index in [1.165, 1.54) is 6.42 Å². The fourth-order valence-corrected chi connectivity index (χ4v) is 4.78. The highest BCUT2D eigenvalue weighted by molar-refractivity contribution is 9.10. The second kappa shape index (κ2) is 7.69. The topological polar surface area (TPSA) is 85.9 Å². The third kappa shape index (κ3) is 3.15. The van der Waals surface area contributed by atoms with E-state index in [0.717, 1.165) is 46.5 Å². The summed E-state index contributed by atoms with van der Waals surface area (Å²) in [5.41, 5.74) is 3.12. The largest absolute Gasteiger partial charge is 0.365 e. The SMILES string of the molecule is Cl.O=C(Nc1c[nH]c2ncc(Br)c(N3CCC4CNCC43)c12)c1cccnc1. The molecule has 5 rings (SSSR count). The van der Waals surface area contributed by atoms with Crippen molar-refractivity contribution in [3.05, 3.63) is 47.0 Å². The quantitative estimate of drug-likeness (QED) is 0.555. The molecule has 3 aromatic heterocycles. The van der Waals surface area contributed by atoms with E-state index >= 15 is 0 Å². The molecule has 2 aliphatic rings. The predicted octanol–water partition coefficient (Wildman–Crippen LogP) is 3.19. The van der Waals surface area contributed by atoms with E-state index in [0.29, 0.717) is 17.5 Å². The molecule has 0 radical (unpaired) electrons. The molecule has 9 heteroatoms. The van der Waals surface area contributed by atoms with Gasteiger partial charge in [0.2, 0.25) is 0 Å². The first kappa shape index (κ1) is 19.2. The molecule has 0 spiro atoms. The molecule has 3 aromatic rings. The number of rotatable bonds is 3. The van der Waals surface area contributed by atoms with Gasteiger partial charge < -0.3 is 20.5 Å². The summed E-state index contributed by atoms with van der Waals surface area (Å²) in [4.78, 5) is 26.8. The van der Waals surface area contributed by atoms with Crippen LogP contribution in [-0.2, 0) is 0 Å². The van der Waals surface area contributed by atoms with Gasteiger partial charge in [0.05, 0.1) is 26.8 Å². The summed E-state index contributed by atoms with van der Waals surface area (Å²) in [5, 5.41) is 7.45. The summed E-state index contributed by atoms with van der Waals surface area (Å²) in [6, 6.07) is 3.98. The van der Waals surface area contributed by atoms with E-state index in [2.05, 4.69) is 46.4 Å². The standard InChI is InChI=1S/C19H19BrN6O.ClH/c20-13-8-23-18-16(17(13)26-5-3-11-6-22-10-15(11)26)14(9-24-18)25-19(27)12-2-1-4-21-7-12;/h1-2,4,7-9,11,15,22H,3,5-6,10H2,(H,23,24)(H,25,27);1H. The van der Waals surface area contributed by atoms with Crippen LogP contribution in [0.4, 0.5) is 11.4 Å². The van der Waals surface area contributed by atoms with Gasteiger partial charge in [0, 0.05) is 50.5 Å². The van der Waals surface area contributed by atoms with Crippen LogP contribution < -0.4 is 15.5 Å². The lowest BCUT2D eigenvalue weighted by molar-refractivity contribution is 0.102. The van der Waals surface area contributed by atoms with Crippen LogP contribution in [0.15, 0.2) is 41.4 Å². The number of nitrogens with one attached hydrogen (secondary N) is 3. The van der Waals surface area contributed by atoms with Gasteiger partial charge >= 0.3 is 0 Å². The molecule has 28 heavy (non-hydrogen) atoms. The summed E-state index contributed by atoms with van der Waals surface area (Å²) in [7, 11) is 0. The number of carbonyl (C=O) groups is 1. The van der Waals surface area contributed by atoms with E-state index < -0.39 is 0 Å². The minimum absolute atomic E-state index is 0. The number of aromatic nitrogens is 3. The third-order valence-electron chi connectivity index (χ3n) is 5.53. The zero-order valence-corrected chi connectivity index (χ0v) is 17.4. The van der Waals surface area contributed by atoms with Crippen LogP contribution in [0.2, 0.25) is 0 Å².